The Balaban J connectivity index is 1.40. The molecule has 1 aliphatic heterocycles. The van der Waals surface area contributed by atoms with Crippen molar-refractivity contribution < 1.29 is 13.6 Å². The summed E-state index contributed by atoms with van der Waals surface area (Å²) in [4.78, 5) is 14.7. The fraction of sp³-hybridized carbons (Fsp3) is 0.409. The Morgan fingerprint density at radius 3 is 2.30 bits per heavy atom. The molecule has 2 aromatic rings. The summed E-state index contributed by atoms with van der Waals surface area (Å²) in [5.74, 6) is -0.340. The van der Waals surface area contributed by atoms with Crippen LogP contribution in [0.3, 0.4) is 0 Å². The third-order valence-electron chi connectivity index (χ3n) is 5.05. The first kappa shape index (κ1) is 19.5. The maximum atomic E-state index is 13.0. The SMILES string of the molecule is O=C(NCCCc1ccc(F)cc1)[C@@H]1CCCN(Cc2ccc(F)cc2)C1. The van der Waals surface area contributed by atoms with Crippen LogP contribution in [0.4, 0.5) is 8.78 Å². The number of benzene rings is 2. The molecular formula is C22H26F2N2O. The Kier molecular flexibility index (Phi) is 6.93. The molecule has 0 bridgehead atoms. The predicted molar refractivity (Wildman–Crippen MR) is 102 cm³/mol. The van der Waals surface area contributed by atoms with Crippen LogP contribution >= 0.6 is 0 Å². The minimum atomic E-state index is -0.227. The van der Waals surface area contributed by atoms with Crippen LogP contribution in [0.25, 0.3) is 0 Å². The summed E-state index contributed by atoms with van der Waals surface area (Å²) < 4.78 is 25.9. The Morgan fingerprint density at radius 2 is 1.63 bits per heavy atom. The standard InChI is InChI=1S/C22H26F2N2O/c23-20-9-5-17(6-10-20)3-1-13-25-22(27)19-4-2-14-26(16-19)15-18-7-11-21(24)12-8-18/h5-12,19H,1-4,13-16H2,(H,25,27)/t19-/m1/s1. The minimum Gasteiger partial charge on any atom is -0.356 e. The van der Waals surface area contributed by atoms with E-state index >= 15 is 0 Å². The number of amides is 1. The first-order chi connectivity index (χ1) is 13.1. The number of carbonyl (C=O) groups is 1. The molecular weight excluding hydrogens is 346 g/mol. The zero-order valence-electron chi connectivity index (χ0n) is 15.5. The number of piperidine rings is 1. The van der Waals surface area contributed by atoms with Crippen LogP contribution in [0.15, 0.2) is 48.5 Å². The molecule has 1 amide bonds. The molecule has 1 heterocycles. The van der Waals surface area contributed by atoms with E-state index in [9.17, 15) is 13.6 Å². The van der Waals surface area contributed by atoms with Gasteiger partial charge in [0.05, 0.1) is 5.92 Å². The Morgan fingerprint density at radius 1 is 1.00 bits per heavy atom. The van der Waals surface area contributed by atoms with Gasteiger partial charge in [0.15, 0.2) is 0 Å². The molecule has 3 rings (SSSR count). The van der Waals surface area contributed by atoms with Crippen molar-refractivity contribution in [2.45, 2.75) is 32.2 Å². The summed E-state index contributed by atoms with van der Waals surface area (Å²) in [7, 11) is 0. The molecule has 0 spiro atoms. The van der Waals surface area contributed by atoms with Gasteiger partial charge in [0, 0.05) is 19.6 Å². The molecule has 1 atom stereocenters. The highest BCUT2D eigenvalue weighted by Crippen LogP contribution is 2.19. The third kappa shape index (κ3) is 6.14. The van der Waals surface area contributed by atoms with E-state index in [0.29, 0.717) is 6.54 Å². The Bertz CT molecular complexity index is 731. The van der Waals surface area contributed by atoms with Crippen LogP contribution in [0.5, 0.6) is 0 Å². The summed E-state index contributed by atoms with van der Waals surface area (Å²) >= 11 is 0. The van der Waals surface area contributed by atoms with E-state index < -0.39 is 0 Å². The normalized spacial score (nSPS) is 17.6. The largest absolute Gasteiger partial charge is 0.356 e. The van der Waals surface area contributed by atoms with Crippen molar-refractivity contribution >= 4 is 5.91 Å². The number of nitrogens with zero attached hydrogens (tertiary/aromatic N) is 1. The van der Waals surface area contributed by atoms with Crippen molar-refractivity contribution in [2.75, 3.05) is 19.6 Å². The number of rotatable bonds is 7. The van der Waals surface area contributed by atoms with Crippen LogP contribution in [-0.4, -0.2) is 30.4 Å². The summed E-state index contributed by atoms with van der Waals surface area (Å²) in [6.07, 6.45) is 3.56. The monoisotopic (exact) mass is 372 g/mol. The van der Waals surface area contributed by atoms with Gasteiger partial charge in [-0.1, -0.05) is 24.3 Å². The predicted octanol–water partition coefficient (Wildman–Crippen LogP) is 3.93. The number of hydrogen-bond acceptors (Lipinski definition) is 2. The minimum absolute atomic E-state index is 0.00465. The second-order valence-corrected chi connectivity index (χ2v) is 7.22. The molecule has 1 saturated heterocycles. The van der Waals surface area contributed by atoms with E-state index in [1.165, 1.54) is 24.3 Å². The van der Waals surface area contributed by atoms with Crippen LogP contribution in [0.2, 0.25) is 0 Å². The lowest BCUT2D eigenvalue weighted by Gasteiger charge is -2.32. The fourth-order valence-corrected chi connectivity index (χ4v) is 3.56. The van der Waals surface area contributed by atoms with Crippen molar-refractivity contribution in [3.8, 4) is 0 Å². The van der Waals surface area contributed by atoms with Gasteiger partial charge in [0.25, 0.3) is 0 Å². The highest BCUT2D eigenvalue weighted by Gasteiger charge is 2.25. The molecule has 1 fully saturated rings. The van der Waals surface area contributed by atoms with Crippen molar-refractivity contribution in [1.29, 1.82) is 0 Å². The number of aryl methyl sites for hydroxylation is 1. The Labute approximate surface area is 159 Å². The first-order valence-corrected chi connectivity index (χ1v) is 9.59. The van der Waals surface area contributed by atoms with Crippen LogP contribution in [0.1, 0.15) is 30.4 Å². The average Bonchev–Trinajstić information content (AvgIpc) is 2.68. The molecule has 144 valence electrons. The van der Waals surface area contributed by atoms with Gasteiger partial charge in [-0.15, -0.1) is 0 Å². The van der Waals surface area contributed by atoms with Gasteiger partial charge in [-0.2, -0.15) is 0 Å². The lowest BCUT2D eigenvalue weighted by molar-refractivity contribution is -0.126. The van der Waals surface area contributed by atoms with E-state index in [1.807, 2.05) is 0 Å². The van der Waals surface area contributed by atoms with Crippen LogP contribution in [-0.2, 0) is 17.8 Å². The topological polar surface area (TPSA) is 32.3 Å². The average molecular weight is 372 g/mol. The summed E-state index contributed by atoms with van der Waals surface area (Å²) in [5.41, 5.74) is 2.14. The van der Waals surface area contributed by atoms with Gasteiger partial charge in [-0.25, -0.2) is 8.78 Å². The smallest absolute Gasteiger partial charge is 0.224 e. The van der Waals surface area contributed by atoms with E-state index in [0.717, 1.165) is 56.4 Å². The van der Waals surface area contributed by atoms with E-state index in [1.54, 1.807) is 24.3 Å². The molecule has 0 unspecified atom stereocenters. The van der Waals surface area contributed by atoms with Crippen molar-refractivity contribution in [1.82, 2.24) is 10.2 Å². The molecule has 0 aliphatic carbocycles. The maximum Gasteiger partial charge on any atom is 0.224 e. The van der Waals surface area contributed by atoms with Gasteiger partial charge in [-0.3, -0.25) is 9.69 Å². The van der Waals surface area contributed by atoms with Gasteiger partial charge in [-0.05, 0) is 67.6 Å². The maximum absolute atomic E-state index is 13.0. The third-order valence-corrected chi connectivity index (χ3v) is 5.05. The number of nitrogens with one attached hydrogen (secondary N) is 1. The zero-order valence-corrected chi connectivity index (χ0v) is 15.5. The fourth-order valence-electron chi connectivity index (χ4n) is 3.56. The molecule has 1 N–H and O–H groups in total. The van der Waals surface area contributed by atoms with Gasteiger partial charge < -0.3 is 5.32 Å². The molecule has 27 heavy (non-hydrogen) atoms. The highest BCUT2D eigenvalue weighted by atomic mass is 19.1. The molecule has 5 heteroatoms. The Hall–Kier alpha value is -2.27. The quantitative estimate of drug-likeness (QED) is 0.747. The molecule has 3 nitrogen and oxygen atoms in total. The summed E-state index contributed by atoms with van der Waals surface area (Å²) in [5, 5.41) is 3.04. The lowest BCUT2D eigenvalue weighted by Crippen LogP contribution is -2.42. The second-order valence-electron chi connectivity index (χ2n) is 7.22. The summed E-state index contributed by atoms with van der Waals surface area (Å²) in [6, 6.07) is 13.0. The molecule has 0 radical (unpaired) electrons. The van der Waals surface area contributed by atoms with Crippen LogP contribution in [0, 0.1) is 17.6 Å². The number of likely N-dealkylation sites (tertiary alicyclic amines) is 1. The van der Waals surface area contributed by atoms with Gasteiger partial charge in [0.1, 0.15) is 11.6 Å². The van der Waals surface area contributed by atoms with Gasteiger partial charge >= 0.3 is 0 Å². The van der Waals surface area contributed by atoms with Crippen LogP contribution < -0.4 is 5.32 Å². The van der Waals surface area contributed by atoms with Crippen molar-refractivity contribution in [3.63, 3.8) is 0 Å². The molecule has 0 saturated carbocycles. The van der Waals surface area contributed by atoms with Crippen molar-refractivity contribution in [3.05, 3.63) is 71.3 Å². The van der Waals surface area contributed by atoms with E-state index in [-0.39, 0.29) is 23.5 Å². The molecule has 2 aromatic carbocycles. The van der Waals surface area contributed by atoms with Gasteiger partial charge in [0.2, 0.25) is 5.91 Å². The lowest BCUT2D eigenvalue weighted by atomic mass is 9.96. The molecule has 1 aliphatic rings. The zero-order chi connectivity index (χ0) is 19.1. The molecule has 0 aromatic heterocycles. The number of carbonyl (C=O) groups excluding carboxylic acids is 1. The van der Waals surface area contributed by atoms with E-state index in [4.69, 9.17) is 0 Å². The number of hydrogen-bond donors (Lipinski definition) is 1. The number of halogens is 2. The first-order valence-electron chi connectivity index (χ1n) is 9.59. The highest BCUT2D eigenvalue weighted by molar-refractivity contribution is 5.78. The summed E-state index contributed by atoms with van der Waals surface area (Å²) in [6.45, 7) is 3.08. The second kappa shape index (κ2) is 9.60. The van der Waals surface area contributed by atoms with E-state index in [2.05, 4.69) is 10.2 Å². The van der Waals surface area contributed by atoms with Crippen molar-refractivity contribution in [2.24, 2.45) is 5.92 Å².